The molecular formula is C11H9NO5. The van der Waals surface area contributed by atoms with E-state index in [0.717, 1.165) is 6.08 Å². The quantitative estimate of drug-likeness (QED) is 0.258. The van der Waals surface area contributed by atoms with Gasteiger partial charge in [0.2, 0.25) is 0 Å². The first-order valence-corrected chi connectivity index (χ1v) is 4.75. The van der Waals surface area contributed by atoms with Crippen LogP contribution in [-0.4, -0.2) is 24.6 Å². The van der Waals surface area contributed by atoms with E-state index in [1.54, 1.807) is 19.1 Å². The zero-order valence-electron chi connectivity index (χ0n) is 9.00. The minimum Gasteiger partial charge on any atom is -0.462 e. The van der Waals surface area contributed by atoms with Gasteiger partial charge < -0.3 is 9.57 Å². The third-order valence-electron chi connectivity index (χ3n) is 1.81. The number of rotatable bonds is 4. The van der Waals surface area contributed by atoms with E-state index in [4.69, 9.17) is 4.74 Å². The van der Waals surface area contributed by atoms with Crippen molar-refractivity contribution < 1.29 is 24.0 Å². The molecule has 0 atom stereocenters. The highest BCUT2D eigenvalue weighted by molar-refractivity contribution is 6.03. The van der Waals surface area contributed by atoms with Crippen LogP contribution in [-0.2, 0) is 14.4 Å². The number of hydrogen-bond donors (Lipinski definition) is 0. The lowest BCUT2D eigenvalue weighted by Gasteiger charge is -2.05. The maximum Gasteiger partial charge on any atom is 0.367 e. The molecule has 0 aliphatic carbocycles. The Hall–Kier alpha value is -2.46. The normalized spacial score (nSPS) is 9.00. The van der Waals surface area contributed by atoms with Crippen LogP contribution in [0.3, 0.4) is 0 Å². The average Bonchev–Trinajstić information content (AvgIpc) is 2.36. The summed E-state index contributed by atoms with van der Waals surface area (Å²) in [5.74, 6) is -1.56. The van der Waals surface area contributed by atoms with Crippen molar-refractivity contribution in [3.8, 4) is 0 Å². The summed E-state index contributed by atoms with van der Waals surface area (Å²) in [6, 6.07) is 5.91. The molecule has 1 aromatic rings. The third kappa shape index (κ3) is 3.25. The first-order chi connectivity index (χ1) is 8.20. The van der Waals surface area contributed by atoms with Gasteiger partial charge in [-0.2, -0.15) is 0 Å². The first kappa shape index (κ1) is 12.6. The Morgan fingerprint density at radius 3 is 2.35 bits per heavy atom. The van der Waals surface area contributed by atoms with E-state index in [1.807, 2.05) is 0 Å². The zero-order chi connectivity index (χ0) is 12.7. The van der Waals surface area contributed by atoms with Crippen LogP contribution < -0.4 is 0 Å². The number of carbonyl (C=O) groups excluding carboxylic acids is 3. The molecule has 0 spiro atoms. The highest BCUT2D eigenvalue weighted by atomic mass is 16.7. The van der Waals surface area contributed by atoms with Crippen molar-refractivity contribution in [3.05, 3.63) is 35.4 Å². The second kappa shape index (κ2) is 6.19. The zero-order valence-corrected chi connectivity index (χ0v) is 9.00. The minimum absolute atomic E-state index is 0.0232. The molecule has 0 fully saturated rings. The topological polar surface area (TPSA) is 82.0 Å². The number of ether oxygens (including phenoxy) is 1. The van der Waals surface area contributed by atoms with Crippen molar-refractivity contribution in [2.24, 2.45) is 5.16 Å². The van der Waals surface area contributed by atoms with E-state index >= 15 is 0 Å². The molecule has 0 saturated carbocycles. The smallest absolute Gasteiger partial charge is 0.367 e. The van der Waals surface area contributed by atoms with Crippen LogP contribution in [0, 0.1) is 0 Å². The molecule has 88 valence electrons. The van der Waals surface area contributed by atoms with Gasteiger partial charge in [-0.1, -0.05) is 12.1 Å². The molecule has 6 nitrogen and oxygen atoms in total. The van der Waals surface area contributed by atoms with Gasteiger partial charge in [-0.15, -0.1) is 0 Å². The van der Waals surface area contributed by atoms with Gasteiger partial charge in [-0.25, -0.2) is 14.4 Å². The molecule has 6 heteroatoms. The van der Waals surface area contributed by atoms with E-state index in [1.165, 1.54) is 12.1 Å². The van der Waals surface area contributed by atoms with Crippen LogP contribution in [0.5, 0.6) is 0 Å². The Labute approximate surface area is 96.8 Å². The fraction of sp³-hybridized carbons (Fsp3) is 0.182. The number of benzene rings is 1. The summed E-state index contributed by atoms with van der Waals surface area (Å²) in [4.78, 5) is 36.9. The molecule has 0 radical (unpaired) electrons. The fourth-order valence-electron chi connectivity index (χ4n) is 1.16. The molecule has 0 aliphatic rings. The Morgan fingerprint density at radius 2 is 1.82 bits per heavy atom. The van der Waals surface area contributed by atoms with E-state index < -0.39 is 11.9 Å². The lowest BCUT2D eigenvalue weighted by molar-refractivity contribution is 0.0474. The molecule has 0 bridgehead atoms. The van der Waals surface area contributed by atoms with Crippen LogP contribution in [0.25, 0.3) is 0 Å². The molecule has 0 unspecified atom stereocenters. The number of hydrogen-bond acceptors (Lipinski definition) is 6. The maximum absolute atomic E-state index is 11.5. The van der Waals surface area contributed by atoms with Gasteiger partial charge in [0.1, 0.15) is 0 Å². The second-order valence-corrected chi connectivity index (χ2v) is 2.83. The van der Waals surface area contributed by atoms with Gasteiger partial charge in [0.05, 0.1) is 17.7 Å². The monoisotopic (exact) mass is 235 g/mol. The van der Waals surface area contributed by atoms with Crippen LogP contribution in [0.2, 0.25) is 0 Å². The van der Waals surface area contributed by atoms with Crippen LogP contribution in [0.15, 0.2) is 29.4 Å². The van der Waals surface area contributed by atoms with Crippen molar-refractivity contribution in [1.82, 2.24) is 0 Å². The third-order valence-corrected chi connectivity index (χ3v) is 1.81. The molecule has 0 N–H and O–H groups in total. The van der Waals surface area contributed by atoms with Gasteiger partial charge in [-0.05, 0) is 19.1 Å². The van der Waals surface area contributed by atoms with Crippen molar-refractivity contribution in [1.29, 1.82) is 0 Å². The fourth-order valence-corrected chi connectivity index (χ4v) is 1.16. The van der Waals surface area contributed by atoms with E-state index in [2.05, 4.69) is 9.99 Å². The summed E-state index contributed by atoms with van der Waals surface area (Å²) in [6.07, 6.45) is 1.06. The lowest BCUT2D eigenvalue weighted by atomic mass is 10.1. The number of nitrogens with zero attached hydrogens (tertiary/aromatic N) is 1. The Balaban J connectivity index is 3.02. The van der Waals surface area contributed by atoms with Crippen molar-refractivity contribution in [3.63, 3.8) is 0 Å². The number of isocyanates is 1. The van der Waals surface area contributed by atoms with E-state index in [0.29, 0.717) is 0 Å². The van der Waals surface area contributed by atoms with Crippen LogP contribution in [0.1, 0.15) is 27.6 Å². The van der Waals surface area contributed by atoms with Crippen molar-refractivity contribution in [2.75, 3.05) is 6.61 Å². The minimum atomic E-state index is -0.919. The Morgan fingerprint density at radius 1 is 1.24 bits per heavy atom. The lowest BCUT2D eigenvalue weighted by Crippen LogP contribution is -2.12. The molecule has 17 heavy (non-hydrogen) atoms. The summed E-state index contributed by atoms with van der Waals surface area (Å²) in [5, 5.41) is 2.69. The van der Waals surface area contributed by atoms with Gasteiger partial charge in [0.15, 0.2) is 0 Å². The summed E-state index contributed by atoms with van der Waals surface area (Å²) < 4.78 is 4.77. The highest BCUT2D eigenvalue weighted by Gasteiger charge is 2.18. The van der Waals surface area contributed by atoms with Gasteiger partial charge in [0.25, 0.3) is 6.08 Å². The summed E-state index contributed by atoms with van der Waals surface area (Å²) in [7, 11) is 0. The molecule has 1 aromatic carbocycles. The second-order valence-electron chi connectivity index (χ2n) is 2.83. The maximum atomic E-state index is 11.5. The van der Waals surface area contributed by atoms with Gasteiger partial charge in [-0.3, -0.25) is 0 Å². The highest BCUT2D eigenvalue weighted by Crippen LogP contribution is 2.11. The first-order valence-electron chi connectivity index (χ1n) is 4.75. The molecule has 0 aliphatic heterocycles. The van der Waals surface area contributed by atoms with Crippen LogP contribution in [0.4, 0.5) is 0 Å². The molecule has 0 amide bonds. The molecule has 0 heterocycles. The van der Waals surface area contributed by atoms with Gasteiger partial charge in [0, 0.05) is 5.16 Å². The predicted molar refractivity (Wildman–Crippen MR) is 55.9 cm³/mol. The van der Waals surface area contributed by atoms with E-state index in [9.17, 15) is 14.4 Å². The van der Waals surface area contributed by atoms with Crippen molar-refractivity contribution >= 4 is 18.0 Å². The Kier molecular flexibility index (Phi) is 4.59. The van der Waals surface area contributed by atoms with Crippen molar-refractivity contribution in [2.45, 2.75) is 6.92 Å². The SMILES string of the molecule is CCOC(=O)c1ccccc1C(=O)ON=C=O. The molecule has 1 rings (SSSR count). The molecule has 0 saturated heterocycles. The molecule has 0 aromatic heterocycles. The standard InChI is InChI=1S/C11H9NO5/c1-2-16-10(14)8-5-3-4-6-9(8)11(15)17-12-7-13/h3-6H,2H2,1H3. The summed E-state index contributed by atoms with van der Waals surface area (Å²) in [5.41, 5.74) is 0.0328. The summed E-state index contributed by atoms with van der Waals surface area (Å²) in [6.45, 7) is 1.84. The molecular weight excluding hydrogens is 226 g/mol. The average molecular weight is 235 g/mol. The Bertz CT molecular complexity index is 477. The van der Waals surface area contributed by atoms with Crippen LogP contribution >= 0.6 is 0 Å². The van der Waals surface area contributed by atoms with Gasteiger partial charge >= 0.3 is 11.9 Å². The number of carbonyl (C=O) groups is 2. The summed E-state index contributed by atoms with van der Waals surface area (Å²) >= 11 is 0. The number of esters is 1. The van der Waals surface area contributed by atoms with E-state index in [-0.39, 0.29) is 17.7 Å². The largest absolute Gasteiger partial charge is 0.462 e. The predicted octanol–water partition coefficient (Wildman–Crippen LogP) is 1.27.